The number of pyridine rings is 1. The zero-order valence-corrected chi connectivity index (χ0v) is 13.1. The summed E-state index contributed by atoms with van der Waals surface area (Å²) in [5, 5.41) is 5.17. The number of likely N-dealkylation sites (tertiary alicyclic amines) is 1. The molecule has 0 aromatic carbocycles. The number of nitrogens with zero attached hydrogens (tertiary/aromatic N) is 2. The third kappa shape index (κ3) is 3.48. The molecule has 0 saturated carbocycles. The van der Waals surface area contributed by atoms with Gasteiger partial charge in [0.05, 0.1) is 0 Å². The highest BCUT2D eigenvalue weighted by Gasteiger charge is 2.28. The van der Waals surface area contributed by atoms with Crippen molar-refractivity contribution in [3.63, 3.8) is 0 Å². The minimum Gasteiger partial charge on any atom is -0.338 e. The molecule has 7 nitrogen and oxygen atoms in total. The van der Waals surface area contributed by atoms with E-state index in [1.165, 1.54) is 23.6 Å². The molecule has 1 fully saturated rings. The van der Waals surface area contributed by atoms with Crippen LogP contribution in [0.15, 0.2) is 34.7 Å². The maximum absolute atomic E-state index is 12.4. The molecule has 3 heterocycles. The Morgan fingerprint density at radius 1 is 1.35 bits per heavy atom. The van der Waals surface area contributed by atoms with Gasteiger partial charge >= 0.3 is 0 Å². The van der Waals surface area contributed by atoms with Crippen LogP contribution in [-0.4, -0.2) is 39.8 Å². The number of hydrogen-bond donors (Lipinski definition) is 2. The number of amides is 2. The number of nitrogens with one attached hydrogen (secondary N) is 2. The van der Waals surface area contributed by atoms with Crippen LogP contribution >= 0.6 is 11.3 Å². The van der Waals surface area contributed by atoms with Gasteiger partial charge in [-0.3, -0.25) is 14.4 Å². The number of anilines is 1. The third-order valence-electron chi connectivity index (χ3n) is 3.86. The molecular formula is C15H16N4O3S. The van der Waals surface area contributed by atoms with Crippen molar-refractivity contribution >= 4 is 28.3 Å². The molecule has 2 aromatic rings. The third-order valence-corrected chi connectivity index (χ3v) is 4.55. The lowest BCUT2D eigenvalue weighted by Crippen LogP contribution is -2.42. The summed E-state index contributed by atoms with van der Waals surface area (Å²) in [6.45, 7) is 0.923. The SMILES string of the molecule is O=C(Nc1nccs1)C1CCN(C(=O)c2ccc[nH]c2=O)CC1. The molecule has 2 N–H and O–H groups in total. The predicted octanol–water partition coefficient (Wildman–Crippen LogP) is 1.32. The fourth-order valence-corrected chi connectivity index (χ4v) is 3.13. The summed E-state index contributed by atoms with van der Waals surface area (Å²) in [6, 6.07) is 3.14. The monoisotopic (exact) mass is 332 g/mol. The minimum absolute atomic E-state index is 0.0652. The normalized spacial score (nSPS) is 15.4. The Kier molecular flexibility index (Phi) is 4.52. The summed E-state index contributed by atoms with van der Waals surface area (Å²) in [6.07, 6.45) is 4.29. The first-order chi connectivity index (χ1) is 11.1. The van der Waals surface area contributed by atoms with Gasteiger partial charge in [-0.05, 0) is 25.0 Å². The standard InChI is InChI=1S/C15H16N4O3S/c20-12(18-15-17-6-9-23-15)10-3-7-19(8-4-10)14(22)11-2-1-5-16-13(11)21/h1-2,5-6,9-10H,3-4,7-8H2,(H,16,21)(H,17,18,20). The van der Waals surface area contributed by atoms with Gasteiger partial charge in [0, 0.05) is 36.8 Å². The summed E-state index contributed by atoms with van der Waals surface area (Å²) in [4.78, 5) is 44.3. The second kappa shape index (κ2) is 6.74. The Labute approximate surface area is 136 Å². The summed E-state index contributed by atoms with van der Waals surface area (Å²) >= 11 is 1.37. The number of hydrogen-bond acceptors (Lipinski definition) is 5. The van der Waals surface area contributed by atoms with Gasteiger partial charge in [0.25, 0.3) is 11.5 Å². The smallest absolute Gasteiger partial charge is 0.260 e. The summed E-state index contributed by atoms with van der Waals surface area (Å²) < 4.78 is 0. The van der Waals surface area contributed by atoms with E-state index < -0.39 is 0 Å². The van der Waals surface area contributed by atoms with Crippen molar-refractivity contribution in [1.29, 1.82) is 0 Å². The molecule has 23 heavy (non-hydrogen) atoms. The molecule has 120 valence electrons. The molecule has 0 aliphatic carbocycles. The fraction of sp³-hybridized carbons (Fsp3) is 0.333. The summed E-state index contributed by atoms with van der Waals surface area (Å²) in [5.41, 5.74) is -0.251. The van der Waals surface area contributed by atoms with Crippen molar-refractivity contribution in [3.05, 3.63) is 45.8 Å². The second-order valence-electron chi connectivity index (χ2n) is 5.31. The largest absolute Gasteiger partial charge is 0.338 e. The van der Waals surface area contributed by atoms with Gasteiger partial charge in [0.15, 0.2) is 5.13 Å². The molecule has 2 amide bonds. The average Bonchev–Trinajstić information content (AvgIpc) is 3.08. The highest BCUT2D eigenvalue weighted by Crippen LogP contribution is 2.21. The average molecular weight is 332 g/mol. The topological polar surface area (TPSA) is 95.2 Å². The molecule has 1 aliphatic rings. The van der Waals surface area contributed by atoms with Gasteiger partial charge in [0.1, 0.15) is 5.56 Å². The molecule has 0 bridgehead atoms. The predicted molar refractivity (Wildman–Crippen MR) is 86.4 cm³/mol. The summed E-state index contributed by atoms with van der Waals surface area (Å²) in [7, 11) is 0. The van der Waals surface area contributed by atoms with Gasteiger partial charge in [-0.1, -0.05) is 0 Å². The van der Waals surface area contributed by atoms with Crippen molar-refractivity contribution in [3.8, 4) is 0 Å². The number of rotatable bonds is 3. The van der Waals surface area contributed by atoms with Gasteiger partial charge in [-0.2, -0.15) is 0 Å². The molecule has 2 aromatic heterocycles. The molecule has 3 rings (SSSR count). The van der Waals surface area contributed by atoms with E-state index in [1.807, 2.05) is 0 Å². The quantitative estimate of drug-likeness (QED) is 0.886. The lowest BCUT2D eigenvalue weighted by molar-refractivity contribution is -0.121. The molecule has 8 heteroatoms. The first-order valence-corrected chi connectivity index (χ1v) is 8.20. The minimum atomic E-state index is -0.388. The first-order valence-electron chi connectivity index (χ1n) is 7.32. The number of thiazole rings is 1. The zero-order valence-electron chi connectivity index (χ0n) is 12.3. The first kappa shape index (κ1) is 15.4. The van der Waals surface area contributed by atoms with Crippen LogP contribution in [0.2, 0.25) is 0 Å². The molecule has 0 spiro atoms. The van der Waals surface area contributed by atoms with Crippen molar-refractivity contribution in [2.75, 3.05) is 18.4 Å². The lowest BCUT2D eigenvalue weighted by atomic mass is 9.95. The number of piperidine rings is 1. The van der Waals surface area contributed by atoms with Crippen molar-refractivity contribution in [1.82, 2.24) is 14.9 Å². The van der Waals surface area contributed by atoms with Crippen LogP contribution in [0, 0.1) is 5.92 Å². The van der Waals surface area contributed by atoms with Crippen molar-refractivity contribution < 1.29 is 9.59 Å². The van der Waals surface area contributed by atoms with Crippen LogP contribution in [-0.2, 0) is 4.79 Å². The molecule has 0 unspecified atom stereocenters. The van der Waals surface area contributed by atoms with Crippen LogP contribution in [0.3, 0.4) is 0 Å². The Bertz CT molecular complexity index is 748. The highest BCUT2D eigenvalue weighted by molar-refractivity contribution is 7.13. The van der Waals surface area contributed by atoms with E-state index in [-0.39, 0.29) is 28.9 Å². The number of aromatic amines is 1. The van der Waals surface area contributed by atoms with Gasteiger partial charge in [0.2, 0.25) is 5.91 Å². The Balaban J connectivity index is 1.58. The van der Waals surface area contributed by atoms with Crippen LogP contribution in [0.5, 0.6) is 0 Å². The van der Waals surface area contributed by atoms with Crippen LogP contribution in [0.25, 0.3) is 0 Å². The highest BCUT2D eigenvalue weighted by atomic mass is 32.1. The van der Waals surface area contributed by atoms with Crippen LogP contribution in [0.1, 0.15) is 23.2 Å². The maximum atomic E-state index is 12.4. The maximum Gasteiger partial charge on any atom is 0.260 e. The number of carbonyl (C=O) groups is 2. The number of aromatic nitrogens is 2. The van der Waals surface area contributed by atoms with E-state index >= 15 is 0 Å². The van der Waals surface area contributed by atoms with E-state index in [9.17, 15) is 14.4 Å². The van der Waals surface area contributed by atoms with Crippen LogP contribution < -0.4 is 10.9 Å². The van der Waals surface area contributed by atoms with Gasteiger partial charge in [-0.25, -0.2) is 4.98 Å². The molecule has 0 radical (unpaired) electrons. The zero-order chi connectivity index (χ0) is 16.2. The second-order valence-corrected chi connectivity index (χ2v) is 6.20. The van der Waals surface area contributed by atoms with E-state index in [0.717, 1.165) is 0 Å². The molecular weight excluding hydrogens is 316 g/mol. The Morgan fingerprint density at radius 3 is 2.78 bits per heavy atom. The van der Waals surface area contributed by atoms with E-state index in [4.69, 9.17) is 0 Å². The number of carbonyl (C=O) groups excluding carboxylic acids is 2. The van der Waals surface area contributed by atoms with Crippen LogP contribution in [0.4, 0.5) is 5.13 Å². The van der Waals surface area contributed by atoms with E-state index in [0.29, 0.717) is 31.1 Å². The lowest BCUT2D eigenvalue weighted by Gasteiger charge is -2.31. The van der Waals surface area contributed by atoms with Crippen molar-refractivity contribution in [2.24, 2.45) is 5.92 Å². The molecule has 1 saturated heterocycles. The van der Waals surface area contributed by atoms with Crippen molar-refractivity contribution in [2.45, 2.75) is 12.8 Å². The Morgan fingerprint density at radius 2 is 2.13 bits per heavy atom. The molecule has 0 atom stereocenters. The number of H-pyrrole nitrogens is 1. The van der Waals surface area contributed by atoms with Gasteiger partial charge < -0.3 is 15.2 Å². The van der Waals surface area contributed by atoms with Gasteiger partial charge in [-0.15, -0.1) is 11.3 Å². The summed E-state index contributed by atoms with van der Waals surface area (Å²) in [5.74, 6) is -0.493. The Hall–Kier alpha value is -2.48. The molecule has 1 aliphatic heterocycles. The van der Waals surface area contributed by atoms with E-state index in [2.05, 4.69) is 15.3 Å². The fourth-order valence-electron chi connectivity index (χ4n) is 2.60. The van der Waals surface area contributed by atoms with E-state index in [1.54, 1.807) is 22.5 Å².